The zero-order valence-corrected chi connectivity index (χ0v) is 10.9. The van der Waals surface area contributed by atoms with Crippen molar-refractivity contribution in [3.63, 3.8) is 0 Å². The van der Waals surface area contributed by atoms with Crippen LogP contribution in [0, 0.1) is 5.92 Å². The van der Waals surface area contributed by atoms with E-state index in [1.807, 2.05) is 13.0 Å². The van der Waals surface area contributed by atoms with Crippen molar-refractivity contribution < 1.29 is 19.4 Å². The molecule has 0 aliphatic carbocycles. The molecule has 1 unspecified atom stereocenters. The smallest absolute Gasteiger partial charge is 0.314 e. The van der Waals surface area contributed by atoms with E-state index in [1.165, 1.54) is 7.11 Å². The Labute approximate surface area is 107 Å². The molecule has 1 atom stereocenters. The van der Waals surface area contributed by atoms with Gasteiger partial charge < -0.3 is 9.84 Å². The average molecular weight is 250 g/mol. The lowest BCUT2D eigenvalue weighted by atomic mass is 9.93. The number of rotatable bonds is 6. The number of Topliss-reactive ketones (excluding diaryl/α,β-unsaturated/α-hetero) is 1. The van der Waals surface area contributed by atoms with Crippen LogP contribution >= 0.6 is 0 Å². The summed E-state index contributed by atoms with van der Waals surface area (Å²) in [5, 5.41) is 9.03. The molecular weight excluding hydrogens is 232 g/mol. The summed E-state index contributed by atoms with van der Waals surface area (Å²) in [6.07, 6.45) is 1.06. The molecule has 0 bridgehead atoms. The molecule has 0 amide bonds. The fourth-order valence-corrected chi connectivity index (χ4v) is 1.83. The first-order valence-electron chi connectivity index (χ1n) is 5.99. The molecule has 0 fully saturated rings. The van der Waals surface area contributed by atoms with Gasteiger partial charge >= 0.3 is 5.97 Å². The van der Waals surface area contributed by atoms with Gasteiger partial charge in [0.05, 0.1) is 12.7 Å². The highest BCUT2D eigenvalue weighted by molar-refractivity contribution is 6.09. The van der Waals surface area contributed by atoms with Crippen molar-refractivity contribution in [2.24, 2.45) is 5.92 Å². The number of carboxylic acid groups (broad SMARTS) is 1. The second kappa shape index (κ2) is 6.19. The van der Waals surface area contributed by atoms with E-state index in [-0.39, 0.29) is 6.42 Å². The number of ketones is 1. The lowest BCUT2D eigenvalue weighted by Gasteiger charge is -2.13. The van der Waals surface area contributed by atoms with E-state index in [1.54, 1.807) is 19.1 Å². The predicted octanol–water partition coefficient (Wildman–Crippen LogP) is 2.55. The van der Waals surface area contributed by atoms with E-state index in [0.717, 1.165) is 12.0 Å². The van der Waals surface area contributed by atoms with E-state index in [2.05, 4.69) is 0 Å². The fourth-order valence-electron chi connectivity index (χ4n) is 1.83. The molecule has 0 aliphatic rings. The third-order valence-corrected chi connectivity index (χ3v) is 2.96. The Morgan fingerprint density at radius 2 is 2.00 bits per heavy atom. The quantitative estimate of drug-likeness (QED) is 0.622. The summed E-state index contributed by atoms with van der Waals surface area (Å²) < 4.78 is 5.13. The van der Waals surface area contributed by atoms with E-state index < -0.39 is 17.7 Å². The van der Waals surface area contributed by atoms with E-state index >= 15 is 0 Å². The first-order chi connectivity index (χ1) is 8.54. The second-order valence-corrected chi connectivity index (χ2v) is 4.05. The maximum atomic E-state index is 12.2. The topological polar surface area (TPSA) is 63.6 Å². The SMILES string of the molecule is CCc1ccc(OC)c(C(=O)C(CC)C(=O)O)c1. The minimum atomic E-state index is -1.09. The predicted molar refractivity (Wildman–Crippen MR) is 68.1 cm³/mol. The van der Waals surface area contributed by atoms with Gasteiger partial charge in [0.2, 0.25) is 0 Å². The molecule has 0 aromatic heterocycles. The summed E-state index contributed by atoms with van der Waals surface area (Å²) in [6, 6.07) is 5.30. The number of aliphatic carboxylic acids is 1. The van der Waals surface area contributed by atoms with Gasteiger partial charge in [0.15, 0.2) is 5.78 Å². The van der Waals surface area contributed by atoms with Crippen molar-refractivity contribution in [3.8, 4) is 5.75 Å². The maximum absolute atomic E-state index is 12.2. The zero-order chi connectivity index (χ0) is 13.7. The van der Waals surface area contributed by atoms with Gasteiger partial charge in [0, 0.05) is 0 Å². The van der Waals surface area contributed by atoms with Crippen molar-refractivity contribution in [2.75, 3.05) is 7.11 Å². The molecule has 1 aromatic rings. The normalized spacial score (nSPS) is 11.9. The standard InChI is InChI=1S/C14H18O4/c1-4-9-6-7-12(18-3)11(8-9)13(15)10(5-2)14(16)17/h6-8,10H,4-5H2,1-3H3,(H,16,17). The molecule has 0 saturated carbocycles. The monoisotopic (exact) mass is 250 g/mol. The summed E-state index contributed by atoms with van der Waals surface area (Å²) in [4.78, 5) is 23.2. The summed E-state index contributed by atoms with van der Waals surface area (Å²) >= 11 is 0. The molecule has 0 aliphatic heterocycles. The Kier molecular flexibility index (Phi) is 4.89. The lowest BCUT2D eigenvalue weighted by Crippen LogP contribution is -2.23. The van der Waals surface area contributed by atoms with Crippen LogP contribution in [-0.4, -0.2) is 24.0 Å². The Bertz CT molecular complexity index is 451. The number of carbonyl (C=O) groups excluding carboxylic acids is 1. The van der Waals surface area contributed by atoms with Crippen LogP contribution in [0.1, 0.15) is 36.2 Å². The first-order valence-corrected chi connectivity index (χ1v) is 5.99. The number of ether oxygens (including phenoxy) is 1. The molecule has 0 saturated heterocycles. The number of benzene rings is 1. The third-order valence-electron chi connectivity index (χ3n) is 2.96. The number of carbonyl (C=O) groups is 2. The maximum Gasteiger partial charge on any atom is 0.314 e. The van der Waals surface area contributed by atoms with E-state index in [9.17, 15) is 9.59 Å². The summed E-state index contributed by atoms with van der Waals surface area (Å²) in [5.41, 5.74) is 1.34. The number of carboxylic acids is 1. The Morgan fingerprint density at radius 3 is 2.44 bits per heavy atom. The summed E-state index contributed by atoms with van der Waals surface area (Å²) in [7, 11) is 1.47. The number of hydrogen-bond donors (Lipinski definition) is 1. The number of methoxy groups -OCH3 is 1. The van der Waals surface area contributed by atoms with E-state index in [4.69, 9.17) is 9.84 Å². The molecule has 0 spiro atoms. The molecule has 1 N–H and O–H groups in total. The minimum Gasteiger partial charge on any atom is -0.496 e. The van der Waals surface area contributed by atoms with Gasteiger partial charge in [-0.05, 0) is 30.5 Å². The molecule has 4 heteroatoms. The second-order valence-electron chi connectivity index (χ2n) is 4.05. The molecule has 4 nitrogen and oxygen atoms in total. The van der Waals surface area contributed by atoms with Crippen LogP contribution < -0.4 is 4.74 Å². The van der Waals surface area contributed by atoms with Gasteiger partial charge in [-0.15, -0.1) is 0 Å². The van der Waals surface area contributed by atoms with Crippen molar-refractivity contribution >= 4 is 11.8 Å². The lowest BCUT2D eigenvalue weighted by molar-refractivity contribution is -0.140. The van der Waals surface area contributed by atoms with Crippen LogP contribution in [0.3, 0.4) is 0 Å². The fraction of sp³-hybridized carbons (Fsp3) is 0.429. The molecule has 18 heavy (non-hydrogen) atoms. The summed E-state index contributed by atoms with van der Waals surface area (Å²) in [5.74, 6) is -2.06. The van der Waals surface area contributed by atoms with Crippen LogP contribution in [0.15, 0.2) is 18.2 Å². The van der Waals surface area contributed by atoms with Crippen LogP contribution in [0.2, 0.25) is 0 Å². The third kappa shape index (κ3) is 2.88. The Morgan fingerprint density at radius 1 is 1.33 bits per heavy atom. The van der Waals surface area contributed by atoms with Crippen molar-refractivity contribution in [3.05, 3.63) is 29.3 Å². The van der Waals surface area contributed by atoms with Crippen LogP contribution in [-0.2, 0) is 11.2 Å². The van der Waals surface area contributed by atoms with Gasteiger partial charge in [-0.3, -0.25) is 9.59 Å². The van der Waals surface area contributed by atoms with Crippen molar-refractivity contribution in [2.45, 2.75) is 26.7 Å². The van der Waals surface area contributed by atoms with Gasteiger partial charge in [-0.2, -0.15) is 0 Å². The Hall–Kier alpha value is -1.84. The van der Waals surface area contributed by atoms with Crippen LogP contribution in [0.25, 0.3) is 0 Å². The number of hydrogen-bond acceptors (Lipinski definition) is 3. The molecule has 1 aromatic carbocycles. The zero-order valence-electron chi connectivity index (χ0n) is 10.9. The van der Waals surface area contributed by atoms with Gasteiger partial charge in [0.25, 0.3) is 0 Å². The largest absolute Gasteiger partial charge is 0.496 e. The molecule has 98 valence electrons. The highest BCUT2D eigenvalue weighted by Crippen LogP contribution is 2.24. The van der Waals surface area contributed by atoms with Gasteiger partial charge in [0.1, 0.15) is 11.7 Å². The molecular formula is C14H18O4. The summed E-state index contributed by atoms with van der Waals surface area (Å²) in [6.45, 7) is 3.66. The van der Waals surface area contributed by atoms with Crippen LogP contribution in [0.5, 0.6) is 5.75 Å². The first kappa shape index (κ1) is 14.2. The Balaban J connectivity index is 3.20. The highest BCUT2D eigenvalue weighted by atomic mass is 16.5. The van der Waals surface area contributed by atoms with Crippen LogP contribution in [0.4, 0.5) is 0 Å². The average Bonchev–Trinajstić information content (AvgIpc) is 2.38. The van der Waals surface area contributed by atoms with Gasteiger partial charge in [-0.1, -0.05) is 19.9 Å². The van der Waals surface area contributed by atoms with E-state index in [0.29, 0.717) is 11.3 Å². The van der Waals surface area contributed by atoms with Gasteiger partial charge in [-0.25, -0.2) is 0 Å². The van der Waals surface area contributed by atoms with Crippen molar-refractivity contribution in [1.29, 1.82) is 0 Å². The molecule has 0 heterocycles. The highest BCUT2D eigenvalue weighted by Gasteiger charge is 2.27. The molecule has 1 rings (SSSR count). The minimum absolute atomic E-state index is 0.272. The molecule has 0 radical (unpaired) electrons. The van der Waals surface area contributed by atoms with Crippen molar-refractivity contribution in [1.82, 2.24) is 0 Å². The number of aryl methyl sites for hydroxylation is 1.